The first kappa shape index (κ1) is 16.1. The van der Waals surface area contributed by atoms with Crippen LogP contribution in [0, 0.1) is 0 Å². The molecule has 2 amide bonds. The number of H-pyrrole nitrogens is 1. The fourth-order valence-electron chi connectivity index (χ4n) is 1.69. The first-order valence-corrected chi connectivity index (χ1v) is 7.55. The average molecular weight is 366 g/mol. The Morgan fingerprint density at radius 2 is 1.95 bits per heavy atom. The van der Waals surface area contributed by atoms with Gasteiger partial charge in [0.25, 0.3) is 5.91 Å². The molecule has 0 aliphatic rings. The Morgan fingerprint density at radius 1 is 1.18 bits per heavy atom. The summed E-state index contributed by atoms with van der Waals surface area (Å²) in [6.45, 7) is 0.439. The molecule has 0 fully saturated rings. The number of hydrogen-bond donors (Lipinski definition) is 3. The molecular weight excluding hydrogens is 350 g/mol. The van der Waals surface area contributed by atoms with Gasteiger partial charge >= 0.3 is 0 Å². The first-order chi connectivity index (χ1) is 10.6. The van der Waals surface area contributed by atoms with Gasteiger partial charge in [-0.05, 0) is 40.5 Å². The van der Waals surface area contributed by atoms with Gasteiger partial charge in [-0.2, -0.15) is 0 Å². The highest BCUT2D eigenvalue weighted by Gasteiger charge is 2.09. The summed E-state index contributed by atoms with van der Waals surface area (Å²) in [5.74, 6) is 0.101. The van der Waals surface area contributed by atoms with E-state index in [1.807, 2.05) is 30.3 Å². The second-order valence-electron chi connectivity index (χ2n) is 4.50. The van der Waals surface area contributed by atoms with E-state index in [-0.39, 0.29) is 12.3 Å². The molecule has 0 saturated carbocycles. The van der Waals surface area contributed by atoms with Crippen LogP contribution in [0.25, 0.3) is 0 Å². The molecule has 1 heterocycles. The number of aromatic amines is 1. The molecule has 0 aliphatic carbocycles. The highest BCUT2D eigenvalue weighted by molar-refractivity contribution is 9.10. The van der Waals surface area contributed by atoms with Crippen LogP contribution in [-0.4, -0.2) is 23.4 Å². The minimum atomic E-state index is -0.403. The van der Waals surface area contributed by atoms with Gasteiger partial charge in [0.2, 0.25) is 5.91 Å². The number of aromatic nitrogens is 1. The SMILES string of the molecule is O=C(CCCOc1ccccc1)NNC(=O)c1cc(Br)c[nH]1. The number of amides is 2. The topological polar surface area (TPSA) is 83.2 Å². The van der Waals surface area contributed by atoms with Gasteiger partial charge in [0.05, 0.1) is 6.61 Å². The van der Waals surface area contributed by atoms with Crippen LogP contribution in [0.5, 0.6) is 5.75 Å². The van der Waals surface area contributed by atoms with Crippen LogP contribution in [-0.2, 0) is 4.79 Å². The zero-order chi connectivity index (χ0) is 15.8. The molecule has 6 nitrogen and oxygen atoms in total. The van der Waals surface area contributed by atoms with E-state index in [9.17, 15) is 9.59 Å². The van der Waals surface area contributed by atoms with Crippen LogP contribution in [0.1, 0.15) is 23.3 Å². The lowest BCUT2D eigenvalue weighted by Crippen LogP contribution is -2.41. The number of nitrogens with one attached hydrogen (secondary N) is 3. The van der Waals surface area contributed by atoms with Crippen LogP contribution in [0.4, 0.5) is 0 Å². The quantitative estimate of drug-likeness (QED) is 0.542. The van der Waals surface area contributed by atoms with E-state index < -0.39 is 5.91 Å². The van der Waals surface area contributed by atoms with Crippen molar-refractivity contribution in [3.8, 4) is 5.75 Å². The summed E-state index contributed by atoms with van der Waals surface area (Å²) < 4.78 is 6.24. The largest absolute Gasteiger partial charge is 0.494 e. The van der Waals surface area contributed by atoms with Crippen molar-refractivity contribution < 1.29 is 14.3 Å². The van der Waals surface area contributed by atoms with Gasteiger partial charge in [0.15, 0.2) is 0 Å². The van der Waals surface area contributed by atoms with E-state index in [1.165, 1.54) is 0 Å². The Hall–Kier alpha value is -2.28. The molecule has 0 atom stereocenters. The minimum absolute atomic E-state index is 0.265. The van der Waals surface area contributed by atoms with E-state index in [2.05, 4.69) is 31.8 Å². The van der Waals surface area contributed by atoms with Crippen molar-refractivity contribution in [3.05, 3.63) is 52.8 Å². The summed E-state index contributed by atoms with van der Waals surface area (Å²) in [7, 11) is 0. The minimum Gasteiger partial charge on any atom is -0.494 e. The summed E-state index contributed by atoms with van der Waals surface area (Å²) in [4.78, 5) is 26.0. The third-order valence-electron chi connectivity index (χ3n) is 2.77. The van der Waals surface area contributed by atoms with Crippen LogP contribution < -0.4 is 15.6 Å². The maximum atomic E-state index is 11.7. The summed E-state index contributed by atoms with van der Waals surface area (Å²) >= 11 is 3.23. The van der Waals surface area contributed by atoms with Crippen molar-refractivity contribution in [3.63, 3.8) is 0 Å². The summed E-state index contributed by atoms with van der Waals surface area (Å²) in [5.41, 5.74) is 5.06. The molecule has 7 heteroatoms. The Labute approximate surface area is 136 Å². The number of benzene rings is 1. The van der Waals surface area contributed by atoms with E-state index in [1.54, 1.807) is 12.3 Å². The molecule has 2 aromatic rings. The predicted molar refractivity (Wildman–Crippen MR) is 85.3 cm³/mol. The average Bonchev–Trinajstić information content (AvgIpc) is 2.97. The van der Waals surface area contributed by atoms with Crippen LogP contribution in [0.15, 0.2) is 47.1 Å². The second kappa shape index (κ2) is 8.23. The van der Waals surface area contributed by atoms with Crippen molar-refractivity contribution >= 4 is 27.7 Å². The van der Waals surface area contributed by atoms with Crippen molar-refractivity contribution in [1.29, 1.82) is 0 Å². The molecular formula is C15H16BrN3O3. The molecule has 0 spiro atoms. The standard InChI is InChI=1S/C15H16BrN3O3/c16-11-9-13(17-10-11)15(21)19-18-14(20)7-4-8-22-12-5-2-1-3-6-12/h1-3,5-6,9-10,17H,4,7-8H2,(H,18,20)(H,19,21). The van der Waals surface area contributed by atoms with Gasteiger partial charge in [0.1, 0.15) is 11.4 Å². The highest BCUT2D eigenvalue weighted by Crippen LogP contribution is 2.10. The smallest absolute Gasteiger partial charge is 0.286 e. The van der Waals surface area contributed by atoms with Gasteiger partial charge in [0, 0.05) is 17.1 Å². The third-order valence-corrected chi connectivity index (χ3v) is 3.23. The number of rotatable bonds is 6. The van der Waals surface area contributed by atoms with Crippen LogP contribution >= 0.6 is 15.9 Å². The number of ether oxygens (including phenoxy) is 1. The molecule has 22 heavy (non-hydrogen) atoms. The number of carbonyl (C=O) groups is 2. The van der Waals surface area contributed by atoms with Crippen molar-refractivity contribution in [2.45, 2.75) is 12.8 Å². The Kier molecular flexibility index (Phi) is 6.02. The number of para-hydroxylation sites is 1. The van der Waals surface area contributed by atoms with E-state index in [0.29, 0.717) is 18.7 Å². The lowest BCUT2D eigenvalue weighted by Gasteiger charge is -2.07. The molecule has 0 aliphatic heterocycles. The van der Waals surface area contributed by atoms with E-state index in [0.717, 1.165) is 10.2 Å². The number of carbonyl (C=O) groups excluding carboxylic acids is 2. The molecule has 0 bridgehead atoms. The van der Waals surface area contributed by atoms with Crippen molar-refractivity contribution in [1.82, 2.24) is 15.8 Å². The van der Waals surface area contributed by atoms with Crippen LogP contribution in [0.2, 0.25) is 0 Å². The molecule has 3 N–H and O–H groups in total. The first-order valence-electron chi connectivity index (χ1n) is 6.76. The van der Waals surface area contributed by atoms with Gasteiger partial charge < -0.3 is 9.72 Å². The number of hydrogen-bond acceptors (Lipinski definition) is 3. The second-order valence-corrected chi connectivity index (χ2v) is 5.41. The lowest BCUT2D eigenvalue weighted by atomic mass is 10.3. The van der Waals surface area contributed by atoms with Gasteiger partial charge in [-0.15, -0.1) is 0 Å². The molecule has 1 aromatic carbocycles. The molecule has 0 radical (unpaired) electrons. The zero-order valence-corrected chi connectivity index (χ0v) is 13.4. The molecule has 116 valence electrons. The summed E-state index contributed by atoms with van der Waals surface area (Å²) in [5, 5.41) is 0. The Balaban J connectivity index is 1.61. The Morgan fingerprint density at radius 3 is 2.64 bits per heavy atom. The number of halogens is 1. The number of hydrazine groups is 1. The Bertz CT molecular complexity index is 628. The monoisotopic (exact) mass is 365 g/mol. The summed E-state index contributed by atoms with van der Waals surface area (Å²) in [6.07, 6.45) is 2.46. The van der Waals surface area contributed by atoms with E-state index in [4.69, 9.17) is 4.74 Å². The molecule has 1 aromatic heterocycles. The fraction of sp³-hybridized carbons (Fsp3) is 0.200. The van der Waals surface area contributed by atoms with Crippen molar-refractivity contribution in [2.75, 3.05) is 6.61 Å². The van der Waals surface area contributed by atoms with E-state index >= 15 is 0 Å². The van der Waals surface area contributed by atoms with Crippen molar-refractivity contribution in [2.24, 2.45) is 0 Å². The lowest BCUT2D eigenvalue weighted by molar-refractivity contribution is -0.122. The molecule has 2 rings (SSSR count). The fourth-order valence-corrected chi connectivity index (χ4v) is 2.04. The van der Waals surface area contributed by atoms with Gasteiger partial charge in [-0.3, -0.25) is 20.4 Å². The predicted octanol–water partition coefficient (Wildman–Crippen LogP) is 2.40. The molecule has 0 saturated heterocycles. The maximum Gasteiger partial charge on any atom is 0.286 e. The van der Waals surface area contributed by atoms with Gasteiger partial charge in [-0.1, -0.05) is 18.2 Å². The maximum absolute atomic E-state index is 11.7. The summed E-state index contributed by atoms with van der Waals surface area (Å²) in [6, 6.07) is 11.0. The molecule has 0 unspecified atom stereocenters. The third kappa shape index (κ3) is 5.25. The highest BCUT2D eigenvalue weighted by atomic mass is 79.9. The van der Waals surface area contributed by atoms with Gasteiger partial charge in [-0.25, -0.2) is 0 Å². The normalized spacial score (nSPS) is 10.0. The van der Waals surface area contributed by atoms with Crippen LogP contribution in [0.3, 0.4) is 0 Å². The zero-order valence-electron chi connectivity index (χ0n) is 11.8.